The van der Waals surface area contributed by atoms with Gasteiger partial charge in [-0.1, -0.05) is 6.92 Å². The van der Waals surface area contributed by atoms with E-state index >= 15 is 0 Å². The fourth-order valence-corrected chi connectivity index (χ4v) is 1.96. The molecule has 21 heavy (non-hydrogen) atoms. The van der Waals surface area contributed by atoms with Gasteiger partial charge in [-0.2, -0.15) is 0 Å². The van der Waals surface area contributed by atoms with E-state index in [4.69, 9.17) is 4.74 Å². The third-order valence-corrected chi connectivity index (χ3v) is 3.04. The zero-order valence-electron chi connectivity index (χ0n) is 12.2. The fraction of sp³-hybridized carbons (Fsp3) is 0.235. The first-order valence-corrected chi connectivity index (χ1v) is 6.94. The standard InChI is InChI=1S/C17H19NO3/c1-3-10-21-15-7-4-13(5-8-15)18-17(20)16-9-6-14(19)11-12(16)2/h4-9,11,19H,3,10H2,1-2H3,(H,18,20). The van der Waals surface area contributed by atoms with Gasteiger partial charge >= 0.3 is 0 Å². The summed E-state index contributed by atoms with van der Waals surface area (Å²) in [5.74, 6) is 0.742. The van der Waals surface area contributed by atoms with E-state index in [2.05, 4.69) is 12.2 Å². The molecular formula is C17H19NO3. The van der Waals surface area contributed by atoms with Crippen LogP contribution in [-0.2, 0) is 0 Å². The summed E-state index contributed by atoms with van der Waals surface area (Å²) in [7, 11) is 0. The summed E-state index contributed by atoms with van der Waals surface area (Å²) < 4.78 is 5.49. The number of rotatable bonds is 5. The number of carbonyl (C=O) groups is 1. The summed E-state index contributed by atoms with van der Waals surface area (Å²) in [5, 5.41) is 12.2. The number of benzene rings is 2. The molecule has 2 N–H and O–H groups in total. The highest BCUT2D eigenvalue weighted by atomic mass is 16.5. The minimum Gasteiger partial charge on any atom is -0.508 e. The van der Waals surface area contributed by atoms with Gasteiger partial charge in [0, 0.05) is 11.3 Å². The minimum atomic E-state index is -0.199. The predicted molar refractivity (Wildman–Crippen MR) is 83.0 cm³/mol. The van der Waals surface area contributed by atoms with Gasteiger partial charge < -0.3 is 15.2 Å². The number of ether oxygens (including phenoxy) is 1. The van der Waals surface area contributed by atoms with Crippen molar-refractivity contribution in [3.8, 4) is 11.5 Å². The van der Waals surface area contributed by atoms with E-state index in [0.29, 0.717) is 17.9 Å². The second-order valence-corrected chi connectivity index (χ2v) is 4.83. The Morgan fingerprint density at radius 1 is 1.19 bits per heavy atom. The van der Waals surface area contributed by atoms with Crippen molar-refractivity contribution in [1.82, 2.24) is 0 Å². The average Bonchev–Trinajstić information content (AvgIpc) is 2.46. The quantitative estimate of drug-likeness (QED) is 0.879. The Bertz CT molecular complexity index is 620. The molecule has 2 aromatic carbocycles. The molecule has 110 valence electrons. The van der Waals surface area contributed by atoms with Crippen molar-refractivity contribution >= 4 is 11.6 Å². The summed E-state index contributed by atoms with van der Waals surface area (Å²) in [6.07, 6.45) is 0.957. The fourth-order valence-electron chi connectivity index (χ4n) is 1.96. The van der Waals surface area contributed by atoms with Gasteiger partial charge in [0.25, 0.3) is 5.91 Å². The maximum absolute atomic E-state index is 12.2. The van der Waals surface area contributed by atoms with Crippen molar-refractivity contribution in [3.05, 3.63) is 53.6 Å². The van der Waals surface area contributed by atoms with E-state index in [1.165, 1.54) is 6.07 Å². The second kappa shape index (κ2) is 6.79. The summed E-state index contributed by atoms with van der Waals surface area (Å²) in [6, 6.07) is 11.9. The van der Waals surface area contributed by atoms with Gasteiger partial charge in [0.1, 0.15) is 11.5 Å². The summed E-state index contributed by atoms with van der Waals surface area (Å²) >= 11 is 0. The van der Waals surface area contributed by atoms with E-state index in [1.54, 1.807) is 31.2 Å². The lowest BCUT2D eigenvalue weighted by atomic mass is 10.1. The van der Waals surface area contributed by atoms with Crippen molar-refractivity contribution in [2.24, 2.45) is 0 Å². The molecule has 0 saturated heterocycles. The lowest BCUT2D eigenvalue weighted by molar-refractivity contribution is 0.102. The zero-order chi connectivity index (χ0) is 15.2. The van der Waals surface area contributed by atoms with Gasteiger partial charge in [0.2, 0.25) is 0 Å². The molecule has 2 aromatic rings. The zero-order valence-corrected chi connectivity index (χ0v) is 12.2. The molecule has 4 nitrogen and oxygen atoms in total. The Balaban J connectivity index is 2.05. The van der Waals surface area contributed by atoms with Crippen LogP contribution in [0.15, 0.2) is 42.5 Å². The lowest BCUT2D eigenvalue weighted by Gasteiger charge is -2.09. The van der Waals surface area contributed by atoms with Crippen LogP contribution in [0, 0.1) is 6.92 Å². The number of anilines is 1. The Kier molecular flexibility index (Phi) is 4.82. The Labute approximate surface area is 124 Å². The number of carbonyl (C=O) groups excluding carboxylic acids is 1. The molecule has 0 aliphatic carbocycles. The van der Waals surface area contributed by atoms with Crippen LogP contribution in [0.1, 0.15) is 29.3 Å². The molecule has 0 aliphatic rings. The van der Waals surface area contributed by atoms with Crippen molar-refractivity contribution < 1.29 is 14.6 Å². The van der Waals surface area contributed by atoms with Crippen molar-refractivity contribution in [3.63, 3.8) is 0 Å². The highest BCUT2D eigenvalue weighted by Crippen LogP contribution is 2.19. The third kappa shape index (κ3) is 3.99. The molecule has 0 unspecified atom stereocenters. The van der Waals surface area contributed by atoms with Gasteiger partial charge in [0.05, 0.1) is 6.61 Å². The number of phenols is 1. The first kappa shape index (κ1) is 14.9. The molecule has 0 heterocycles. The van der Waals surface area contributed by atoms with Crippen molar-refractivity contribution in [2.75, 3.05) is 11.9 Å². The number of hydrogen-bond donors (Lipinski definition) is 2. The van der Waals surface area contributed by atoms with E-state index in [-0.39, 0.29) is 11.7 Å². The van der Waals surface area contributed by atoms with Crippen LogP contribution in [0.5, 0.6) is 11.5 Å². The largest absolute Gasteiger partial charge is 0.508 e. The van der Waals surface area contributed by atoms with E-state index in [1.807, 2.05) is 12.1 Å². The lowest BCUT2D eigenvalue weighted by Crippen LogP contribution is -2.13. The van der Waals surface area contributed by atoms with Crippen LogP contribution in [0.3, 0.4) is 0 Å². The third-order valence-electron chi connectivity index (χ3n) is 3.04. The molecule has 0 fully saturated rings. The molecule has 0 bridgehead atoms. The molecule has 0 radical (unpaired) electrons. The predicted octanol–water partition coefficient (Wildman–Crippen LogP) is 3.74. The van der Waals surface area contributed by atoms with Gasteiger partial charge in [0.15, 0.2) is 0 Å². The van der Waals surface area contributed by atoms with E-state index in [9.17, 15) is 9.90 Å². The number of phenolic OH excluding ortho intramolecular Hbond substituents is 1. The highest BCUT2D eigenvalue weighted by Gasteiger charge is 2.09. The van der Waals surface area contributed by atoms with Crippen LogP contribution >= 0.6 is 0 Å². The number of hydrogen-bond acceptors (Lipinski definition) is 3. The molecular weight excluding hydrogens is 266 g/mol. The van der Waals surface area contributed by atoms with Gasteiger partial charge in [-0.25, -0.2) is 0 Å². The number of aryl methyl sites for hydroxylation is 1. The molecule has 1 amide bonds. The molecule has 0 saturated carbocycles. The molecule has 0 atom stereocenters. The number of amides is 1. The Morgan fingerprint density at radius 2 is 1.90 bits per heavy atom. The van der Waals surface area contributed by atoms with Gasteiger partial charge in [-0.3, -0.25) is 4.79 Å². The molecule has 2 rings (SSSR count). The summed E-state index contributed by atoms with van der Waals surface area (Å²) in [5.41, 5.74) is 1.98. The first-order valence-electron chi connectivity index (χ1n) is 6.94. The monoisotopic (exact) mass is 285 g/mol. The summed E-state index contributed by atoms with van der Waals surface area (Å²) in [6.45, 7) is 4.52. The van der Waals surface area contributed by atoms with Crippen LogP contribution in [0.2, 0.25) is 0 Å². The van der Waals surface area contributed by atoms with Crippen molar-refractivity contribution in [1.29, 1.82) is 0 Å². The van der Waals surface area contributed by atoms with Gasteiger partial charge in [-0.05, 0) is 61.4 Å². The smallest absolute Gasteiger partial charge is 0.255 e. The average molecular weight is 285 g/mol. The molecule has 0 aromatic heterocycles. The number of aromatic hydroxyl groups is 1. The molecule has 0 spiro atoms. The Morgan fingerprint density at radius 3 is 2.52 bits per heavy atom. The number of nitrogens with one attached hydrogen (secondary N) is 1. The second-order valence-electron chi connectivity index (χ2n) is 4.83. The van der Waals surface area contributed by atoms with Gasteiger partial charge in [-0.15, -0.1) is 0 Å². The molecule has 4 heteroatoms. The van der Waals surface area contributed by atoms with Crippen LogP contribution in [0.25, 0.3) is 0 Å². The van der Waals surface area contributed by atoms with E-state index < -0.39 is 0 Å². The minimum absolute atomic E-state index is 0.154. The van der Waals surface area contributed by atoms with Crippen molar-refractivity contribution in [2.45, 2.75) is 20.3 Å². The highest BCUT2D eigenvalue weighted by molar-refractivity contribution is 6.05. The first-order chi connectivity index (χ1) is 10.1. The van der Waals surface area contributed by atoms with Crippen LogP contribution in [-0.4, -0.2) is 17.6 Å². The maximum atomic E-state index is 12.2. The molecule has 0 aliphatic heterocycles. The normalized spacial score (nSPS) is 10.2. The topological polar surface area (TPSA) is 58.6 Å². The Hall–Kier alpha value is -2.49. The van der Waals surface area contributed by atoms with Crippen LogP contribution < -0.4 is 10.1 Å². The SMILES string of the molecule is CCCOc1ccc(NC(=O)c2ccc(O)cc2C)cc1. The van der Waals surface area contributed by atoms with E-state index in [0.717, 1.165) is 17.7 Å². The maximum Gasteiger partial charge on any atom is 0.255 e. The summed E-state index contributed by atoms with van der Waals surface area (Å²) in [4.78, 5) is 12.2. The van der Waals surface area contributed by atoms with Crippen LogP contribution in [0.4, 0.5) is 5.69 Å².